The second-order valence-electron chi connectivity index (χ2n) is 11.3. The summed E-state index contributed by atoms with van der Waals surface area (Å²) in [5, 5.41) is 5.33. The largest absolute Gasteiger partial charge is 0.493 e. The van der Waals surface area contributed by atoms with E-state index in [0.717, 1.165) is 31.2 Å². The summed E-state index contributed by atoms with van der Waals surface area (Å²) in [6, 6.07) is 20.9. The number of carbonyl (C=O) groups excluding carboxylic acids is 3. The zero-order valence-corrected chi connectivity index (χ0v) is 24.9. The number of methoxy groups -OCH3 is 1. The van der Waals surface area contributed by atoms with Crippen molar-refractivity contribution < 1.29 is 28.6 Å². The molecule has 1 aliphatic carbocycles. The van der Waals surface area contributed by atoms with Gasteiger partial charge in [0, 0.05) is 23.9 Å². The molecule has 9 nitrogen and oxygen atoms in total. The minimum absolute atomic E-state index is 0.0629. The number of hydrogen-bond donors (Lipinski definition) is 1. The molecule has 1 fully saturated rings. The minimum atomic E-state index is -0.769. The molecule has 9 heteroatoms. The third-order valence-corrected chi connectivity index (χ3v) is 6.84. The van der Waals surface area contributed by atoms with Gasteiger partial charge in [0.25, 0.3) is 11.8 Å². The standard InChI is InChI=1S/C33H39N3O6/c1-33(2,3)42-32(39)36(22-23-15-20-28(40-5)29(21-23)41-27-13-9-10-14-27)35(4)31(38)25-16-18-26(19-17-25)34-30(37)24-11-7-6-8-12-24/h6-8,11-12,15-21,27H,9-10,13-14,22H2,1-5H3,(H,34,37). The SMILES string of the molecule is COc1ccc(CN(C(=O)OC(C)(C)C)N(C)C(=O)c2ccc(NC(=O)c3ccccc3)cc2)cc1OC1CCCC1. The molecule has 1 aliphatic rings. The summed E-state index contributed by atoms with van der Waals surface area (Å²) in [6.45, 7) is 5.38. The number of ether oxygens (including phenoxy) is 3. The highest BCUT2D eigenvalue weighted by molar-refractivity contribution is 6.04. The first kappa shape index (κ1) is 30.4. The first-order chi connectivity index (χ1) is 20.0. The van der Waals surface area contributed by atoms with Gasteiger partial charge in [0.05, 0.1) is 19.8 Å². The van der Waals surface area contributed by atoms with Gasteiger partial charge in [-0.1, -0.05) is 24.3 Å². The molecule has 1 N–H and O–H groups in total. The lowest BCUT2D eigenvalue weighted by molar-refractivity contribution is -0.0335. The smallest absolute Gasteiger partial charge is 0.429 e. The molecule has 1 saturated carbocycles. The molecular formula is C33H39N3O6. The lowest BCUT2D eigenvalue weighted by atomic mass is 10.1. The summed E-state index contributed by atoms with van der Waals surface area (Å²) in [5.41, 5.74) is 1.38. The molecular weight excluding hydrogens is 534 g/mol. The van der Waals surface area contributed by atoms with E-state index in [2.05, 4.69) is 5.32 Å². The van der Waals surface area contributed by atoms with Gasteiger partial charge in [-0.25, -0.2) is 14.8 Å². The predicted octanol–water partition coefficient (Wildman–Crippen LogP) is 6.69. The number of benzene rings is 3. The number of hydrazine groups is 1. The maximum Gasteiger partial charge on any atom is 0.429 e. The fourth-order valence-corrected chi connectivity index (χ4v) is 4.66. The van der Waals surface area contributed by atoms with E-state index in [4.69, 9.17) is 14.2 Å². The van der Waals surface area contributed by atoms with Crippen LogP contribution in [-0.2, 0) is 11.3 Å². The van der Waals surface area contributed by atoms with Crippen molar-refractivity contribution in [2.45, 2.75) is 64.7 Å². The highest BCUT2D eigenvalue weighted by Crippen LogP contribution is 2.33. The molecule has 0 saturated heterocycles. The molecule has 0 radical (unpaired) electrons. The molecule has 0 spiro atoms. The monoisotopic (exact) mass is 573 g/mol. The quantitative estimate of drug-likeness (QED) is 0.302. The summed E-state index contributed by atoms with van der Waals surface area (Å²) in [6.07, 6.45) is 3.70. The molecule has 0 atom stereocenters. The Morgan fingerprint density at radius 3 is 2.17 bits per heavy atom. The summed E-state index contributed by atoms with van der Waals surface area (Å²) < 4.78 is 17.4. The van der Waals surface area contributed by atoms with Gasteiger partial charge in [0.15, 0.2) is 11.5 Å². The van der Waals surface area contributed by atoms with E-state index in [1.54, 1.807) is 82.5 Å². The van der Waals surface area contributed by atoms with Gasteiger partial charge in [0.2, 0.25) is 0 Å². The highest BCUT2D eigenvalue weighted by atomic mass is 16.6. The number of hydrogen-bond acceptors (Lipinski definition) is 6. The lowest BCUT2D eigenvalue weighted by Crippen LogP contribution is -2.48. The summed E-state index contributed by atoms with van der Waals surface area (Å²) in [4.78, 5) is 39.4. The Kier molecular flexibility index (Phi) is 9.72. The summed E-state index contributed by atoms with van der Waals surface area (Å²) in [7, 11) is 3.12. The zero-order valence-electron chi connectivity index (χ0n) is 24.9. The van der Waals surface area contributed by atoms with Crippen LogP contribution in [0.25, 0.3) is 0 Å². The number of rotatable bonds is 8. The van der Waals surface area contributed by atoms with Crippen LogP contribution in [0.1, 0.15) is 72.7 Å². The first-order valence-corrected chi connectivity index (χ1v) is 14.1. The molecule has 4 rings (SSSR count). The Labute approximate surface area is 247 Å². The van der Waals surface area contributed by atoms with Crippen molar-refractivity contribution in [1.29, 1.82) is 0 Å². The van der Waals surface area contributed by atoms with E-state index in [1.807, 2.05) is 18.2 Å². The molecule has 3 aromatic rings. The van der Waals surface area contributed by atoms with Gasteiger partial charge in [-0.3, -0.25) is 9.59 Å². The van der Waals surface area contributed by atoms with Crippen LogP contribution < -0.4 is 14.8 Å². The van der Waals surface area contributed by atoms with Crippen molar-refractivity contribution in [2.75, 3.05) is 19.5 Å². The minimum Gasteiger partial charge on any atom is -0.493 e. The predicted molar refractivity (Wildman–Crippen MR) is 161 cm³/mol. The summed E-state index contributed by atoms with van der Waals surface area (Å²) >= 11 is 0. The van der Waals surface area contributed by atoms with E-state index in [-0.39, 0.29) is 18.6 Å². The van der Waals surface area contributed by atoms with E-state index < -0.39 is 17.6 Å². The van der Waals surface area contributed by atoms with Gasteiger partial charge < -0.3 is 19.5 Å². The van der Waals surface area contributed by atoms with Crippen LogP contribution in [0.15, 0.2) is 72.8 Å². The van der Waals surface area contributed by atoms with Crippen LogP contribution in [0.5, 0.6) is 11.5 Å². The van der Waals surface area contributed by atoms with Crippen molar-refractivity contribution in [3.63, 3.8) is 0 Å². The Balaban J connectivity index is 1.53. The number of carbonyl (C=O) groups is 3. The van der Waals surface area contributed by atoms with Crippen molar-refractivity contribution in [3.05, 3.63) is 89.5 Å². The molecule has 0 aliphatic heterocycles. The van der Waals surface area contributed by atoms with Crippen LogP contribution in [0.3, 0.4) is 0 Å². The van der Waals surface area contributed by atoms with Crippen LogP contribution in [-0.4, -0.2) is 53.8 Å². The average molecular weight is 574 g/mol. The van der Waals surface area contributed by atoms with Gasteiger partial charge in [-0.15, -0.1) is 0 Å². The Morgan fingerprint density at radius 1 is 0.881 bits per heavy atom. The van der Waals surface area contributed by atoms with E-state index >= 15 is 0 Å². The molecule has 222 valence electrons. The topological polar surface area (TPSA) is 97.4 Å². The summed E-state index contributed by atoms with van der Waals surface area (Å²) in [5.74, 6) is 0.544. The van der Waals surface area contributed by atoms with Gasteiger partial charge in [-0.05, 0) is 101 Å². The molecule has 0 aromatic heterocycles. The maximum absolute atomic E-state index is 13.5. The van der Waals surface area contributed by atoms with Crippen LogP contribution in [0.2, 0.25) is 0 Å². The molecule has 0 heterocycles. The van der Waals surface area contributed by atoms with Crippen molar-refractivity contribution in [1.82, 2.24) is 10.0 Å². The molecule has 42 heavy (non-hydrogen) atoms. The van der Waals surface area contributed by atoms with Crippen molar-refractivity contribution in [3.8, 4) is 11.5 Å². The second kappa shape index (κ2) is 13.4. The number of amides is 3. The average Bonchev–Trinajstić information content (AvgIpc) is 3.48. The maximum atomic E-state index is 13.5. The van der Waals surface area contributed by atoms with Crippen molar-refractivity contribution >= 4 is 23.6 Å². The Morgan fingerprint density at radius 2 is 1.55 bits per heavy atom. The van der Waals surface area contributed by atoms with E-state index in [9.17, 15) is 14.4 Å². The highest BCUT2D eigenvalue weighted by Gasteiger charge is 2.29. The third kappa shape index (κ3) is 8.02. The lowest BCUT2D eigenvalue weighted by Gasteiger charge is -2.33. The van der Waals surface area contributed by atoms with E-state index in [0.29, 0.717) is 28.3 Å². The van der Waals surface area contributed by atoms with E-state index in [1.165, 1.54) is 17.1 Å². The van der Waals surface area contributed by atoms with Crippen LogP contribution in [0, 0.1) is 0 Å². The number of nitrogens with zero attached hydrogens (tertiary/aromatic N) is 2. The second-order valence-corrected chi connectivity index (χ2v) is 11.3. The van der Waals surface area contributed by atoms with Crippen LogP contribution >= 0.6 is 0 Å². The normalized spacial score (nSPS) is 13.3. The Hall–Kier alpha value is -4.53. The van der Waals surface area contributed by atoms with Gasteiger partial charge in [0.1, 0.15) is 5.60 Å². The van der Waals surface area contributed by atoms with Gasteiger partial charge in [-0.2, -0.15) is 0 Å². The first-order valence-electron chi connectivity index (χ1n) is 14.1. The Bertz CT molecular complexity index is 1380. The molecule has 0 bridgehead atoms. The zero-order chi connectivity index (χ0) is 30.3. The van der Waals surface area contributed by atoms with Gasteiger partial charge >= 0.3 is 6.09 Å². The molecule has 3 amide bonds. The fraction of sp³-hybridized carbons (Fsp3) is 0.364. The van der Waals surface area contributed by atoms with Crippen LogP contribution in [0.4, 0.5) is 10.5 Å². The molecule has 3 aromatic carbocycles. The van der Waals surface area contributed by atoms with Crippen molar-refractivity contribution in [2.24, 2.45) is 0 Å². The fourth-order valence-electron chi connectivity index (χ4n) is 4.66. The third-order valence-electron chi connectivity index (χ3n) is 6.84. The number of anilines is 1. The number of nitrogens with one attached hydrogen (secondary N) is 1. The molecule has 0 unspecified atom stereocenters.